The summed E-state index contributed by atoms with van der Waals surface area (Å²) in [6.45, 7) is 4.36. The molecule has 1 heterocycles. The van der Waals surface area contributed by atoms with Crippen molar-refractivity contribution in [2.24, 2.45) is 0 Å². The monoisotopic (exact) mass is 340 g/mol. The molecule has 1 aliphatic heterocycles. The van der Waals surface area contributed by atoms with E-state index < -0.39 is 0 Å². The molecular formula is C20H20O5. The second kappa shape index (κ2) is 6.89. The van der Waals surface area contributed by atoms with Crippen LogP contribution in [0.1, 0.15) is 28.4 Å². The first-order chi connectivity index (χ1) is 12.1. The van der Waals surface area contributed by atoms with Crippen LogP contribution >= 0.6 is 0 Å². The van der Waals surface area contributed by atoms with Crippen molar-refractivity contribution in [1.82, 2.24) is 0 Å². The Morgan fingerprint density at radius 3 is 2.44 bits per heavy atom. The summed E-state index contributed by atoms with van der Waals surface area (Å²) >= 11 is 0. The number of hydrogen-bond acceptors (Lipinski definition) is 5. The number of fused-ring (bicyclic) bond motifs is 1. The molecule has 0 spiro atoms. The third-order valence-corrected chi connectivity index (χ3v) is 4.04. The molecule has 0 aromatic heterocycles. The topological polar surface area (TPSA) is 54.0 Å². The van der Waals surface area contributed by atoms with E-state index in [0.717, 1.165) is 16.9 Å². The average Bonchev–Trinajstić information content (AvgIpc) is 2.94. The van der Waals surface area contributed by atoms with Crippen LogP contribution in [0, 0.1) is 6.92 Å². The van der Waals surface area contributed by atoms with E-state index in [0.29, 0.717) is 29.4 Å². The Bertz CT molecular complexity index is 851. The van der Waals surface area contributed by atoms with E-state index in [9.17, 15) is 4.79 Å². The number of Topliss-reactive ketones (excluding diaryl/α,β-unsaturated/α-hetero) is 1. The number of carbonyl (C=O) groups is 1. The van der Waals surface area contributed by atoms with Crippen LogP contribution in [0.5, 0.6) is 23.0 Å². The van der Waals surface area contributed by atoms with E-state index in [2.05, 4.69) is 0 Å². The average molecular weight is 340 g/mol. The molecule has 5 heteroatoms. The Morgan fingerprint density at radius 2 is 1.76 bits per heavy atom. The molecule has 2 aromatic carbocycles. The molecule has 0 fully saturated rings. The minimum absolute atomic E-state index is 0.143. The molecule has 0 saturated heterocycles. The molecule has 0 aliphatic carbocycles. The lowest BCUT2D eigenvalue weighted by Gasteiger charge is -2.09. The van der Waals surface area contributed by atoms with Gasteiger partial charge < -0.3 is 18.9 Å². The van der Waals surface area contributed by atoms with Crippen molar-refractivity contribution in [1.29, 1.82) is 0 Å². The molecular weight excluding hydrogens is 320 g/mol. The van der Waals surface area contributed by atoms with Gasteiger partial charge >= 0.3 is 0 Å². The van der Waals surface area contributed by atoms with Crippen molar-refractivity contribution < 1.29 is 23.7 Å². The Labute approximate surface area is 146 Å². The molecule has 0 atom stereocenters. The van der Waals surface area contributed by atoms with Crippen LogP contribution in [0.25, 0.3) is 6.08 Å². The summed E-state index contributed by atoms with van der Waals surface area (Å²) in [6, 6.07) is 8.97. The second-order valence-corrected chi connectivity index (χ2v) is 5.55. The van der Waals surface area contributed by atoms with Crippen molar-refractivity contribution in [2.45, 2.75) is 13.8 Å². The fourth-order valence-corrected chi connectivity index (χ4v) is 2.77. The lowest BCUT2D eigenvalue weighted by atomic mass is 10.1. The molecule has 0 bridgehead atoms. The third kappa shape index (κ3) is 3.05. The van der Waals surface area contributed by atoms with Gasteiger partial charge in [-0.1, -0.05) is 6.07 Å². The van der Waals surface area contributed by atoms with E-state index in [-0.39, 0.29) is 11.5 Å². The number of benzene rings is 2. The first-order valence-electron chi connectivity index (χ1n) is 8.01. The molecule has 25 heavy (non-hydrogen) atoms. The van der Waals surface area contributed by atoms with Crippen LogP contribution in [0.2, 0.25) is 0 Å². The fraction of sp³-hybridized carbons (Fsp3) is 0.250. The van der Waals surface area contributed by atoms with Crippen LogP contribution in [0.4, 0.5) is 0 Å². The van der Waals surface area contributed by atoms with Gasteiger partial charge in [-0.3, -0.25) is 4.79 Å². The highest BCUT2D eigenvalue weighted by atomic mass is 16.5. The minimum Gasteiger partial charge on any atom is -0.493 e. The van der Waals surface area contributed by atoms with E-state index in [4.69, 9.17) is 18.9 Å². The minimum atomic E-state index is -0.143. The molecule has 0 radical (unpaired) electrons. The van der Waals surface area contributed by atoms with Gasteiger partial charge in [0.2, 0.25) is 5.78 Å². The van der Waals surface area contributed by atoms with Gasteiger partial charge in [0, 0.05) is 5.56 Å². The summed E-state index contributed by atoms with van der Waals surface area (Å²) in [5.41, 5.74) is 2.16. The molecule has 0 amide bonds. The van der Waals surface area contributed by atoms with Gasteiger partial charge in [-0.05, 0) is 49.8 Å². The largest absolute Gasteiger partial charge is 0.493 e. The molecule has 0 N–H and O–H groups in total. The highest BCUT2D eigenvalue weighted by molar-refractivity contribution is 6.15. The standard InChI is InChI=1S/C20H20O5/c1-5-24-15-9-7-14-19(21)18(25-20(14)12(15)2)11-13-6-8-16(22-3)17(10-13)23-4/h6-11H,5H2,1-4H3/b18-11-. The number of ketones is 1. The lowest BCUT2D eigenvalue weighted by molar-refractivity contribution is 0.101. The smallest absolute Gasteiger partial charge is 0.231 e. The number of carbonyl (C=O) groups excluding carboxylic acids is 1. The molecule has 130 valence electrons. The molecule has 0 unspecified atom stereocenters. The first kappa shape index (κ1) is 16.9. The number of allylic oxidation sites excluding steroid dienone is 1. The Hall–Kier alpha value is -2.95. The van der Waals surface area contributed by atoms with E-state index >= 15 is 0 Å². The summed E-state index contributed by atoms with van der Waals surface area (Å²) < 4.78 is 21.9. The van der Waals surface area contributed by atoms with E-state index in [1.54, 1.807) is 44.6 Å². The Morgan fingerprint density at radius 1 is 1.04 bits per heavy atom. The summed E-state index contributed by atoms with van der Waals surface area (Å²) in [7, 11) is 3.15. The van der Waals surface area contributed by atoms with Gasteiger partial charge in [0.05, 0.1) is 26.4 Å². The van der Waals surface area contributed by atoms with Gasteiger partial charge in [0.15, 0.2) is 17.3 Å². The zero-order valence-corrected chi connectivity index (χ0v) is 14.7. The SMILES string of the molecule is CCOc1ccc2c(c1C)O/C(=C\c1ccc(OC)c(OC)c1)C2=O. The highest BCUT2D eigenvalue weighted by Gasteiger charge is 2.30. The molecule has 2 aromatic rings. The number of methoxy groups -OCH3 is 2. The molecule has 0 saturated carbocycles. The maximum Gasteiger partial charge on any atom is 0.231 e. The van der Waals surface area contributed by atoms with E-state index in [1.807, 2.05) is 19.9 Å². The van der Waals surface area contributed by atoms with Crippen molar-refractivity contribution >= 4 is 11.9 Å². The predicted octanol–water partition coefficient (Wildman–Crippen LogP) is 4.03. The van der Waals surface area contributed by atoms with Crippen LogP contribution < -0.4 is 18.9 Å². The van der Waals surface area contributed by atoms with Crippen LogP contribution in [-0.2, 0) is 0 Å². The van der Waals surface area contributed by atoms with Gasteiger partial charge in [0.1, 0.15) is 11.5 Å². The zero-order valence-electron chi connectivity index (χ0n) is 14.7. The van der Waals surface area contributed by atoms with Crippen LogP contribution in [-0.4, -0.2) is 26.6 Å². The van der Waals surface area contributed by atoms with E-state index in [1.165, 1.54) is 0 Å². The summed E-state index contributed by atoms with van der Waals surface area (Å²) in [6.07, 6.45) is 1.70. The van der Waals surface area contributed by atoms with Crippen molar-refractivity contribution in [3.63, 3.8) is 0 Å². The number of rotatable bonds is 5. The van der Waals surface area contributed by atoms with Gasteiger partial charge in [-0.2, -0.15) is 0 Å². The summed E-state index contributed by atoms with van der Waals surface area (Å²) in [5, 5.41) is 0. The normalized spacial score (nSPS) is 14.2. The lowest BCUT2D eigenvalue weighted by Crippen LogP contribution is -1.98. The predicted molar refractivity (Wildman–Crippen MR) is 94.8 cm³/mol. The third-order valence-electron chi connectivity index (χ3n) is 4.04. The zero-order chi connectivity index (χ0) is 18.0. The maximum atomic E-state index is 12.6. The van der Waals surface area contributed by atoms with Crippen molar-refractivity contribution in [2.75, 3.05) is 20.8 Å². The van der Waals surface area contributed by atoms with Crippen LogP contribution in [0.3, 0.4) is 0 Å². The summed E-state index contributed by atoms with van der Waals surface area (Å²) in [5.74, 6) is 2.64. The fourth-order valence-electron chi connectivity index (χ4n) is 2.77. The highest BCUT2D eigenvalue weighted by Crippen LogP contribution is 2.39. The van der Waals surface area contributed by atoms with Crippen molar-refractivity contribution in [3.8, 4) is 23.0 Å². The Balaban J connectivity index is 1.96. The number of ether oxygens (including phenoxy) is 4. The summed E-state index contributed by atoms with van der Waals surface area (Å²) in [4.78, 5) is 12.6. The molecule has 3 rings (SSSR count). The van der Waals surface area contributed by atoms with Gasteiger partial charge in [-0.15, -0.1) is 0 Å². The Kier molecular flexibility index (Phi) is 4.65. The first-order valence-corrected chi connectivity index (χ1v) is 8.01. The molecule has 1 aliphatic rings. The van der Waals surface area contributed by atoms with Crippen molar-refractivity contribution in [3.05, 3.63) is 52.8 Å². The molecule has 5 nitrogen and oxygen atoms in total. The van der Waals surface area contributed by atoms with Gasteiger partial charge in [-0.25, -0.2) is 0 Å². The van der Waals surface area contributed by atoms with Crippen LogP contribution in [0.15, 0.2) is 36.1 Å². The quantitative estimate of drug-likeness (QED) is 0.769. The second-order valence-electron chi connectivity index (χ2n) is 5.55. The number of hydrogen-bond donors (Lipinski definition) is 0. The van der Waals surface area contributed by atoms with Gasteiger partial charge in [0.25, 0.3) is 0 Å². The maximum absolute atomic E-state index is 12.6.